The average Bonchev–Trinajstić information content (AvgIpc) is 3.37. The summed E-state index contributed by atoms with van der Waals surface area (Å²) in [5, 5.41) is 14.8. The van der Waals surface area contributed by atoms with E-state index in [1.54, 1.807) is 10.8 Å². The van der Waals surface area contributed by atoms with Crippen molar-refractivity contribution in [1.82, 2.24) is 20.2 Å². The third kappa shape index (κ3) is 5.79. The molecule has 0 radical (unpaired) electrons. The van der Waals surface area contributed by atoms with Crippen molar-refractivity contribution in [2.24, 2.45) is 0 Å². The molecule has 1 saturated heterocycles. The SMILES string of the molecule is c1ccc(C(OC2CCN(CCCCNc3ccc4n[nH]c[n+]4n3)CC2)c2ccccc2)cc1. The van der Waals surface area contributed by atoms with Gasteiger partial charge in [-0.15, -0.1) is 9.61 Å². The van der Waals surface area contributed by atoms with E-state index in [0.29, 0.717) is 6.10 Å². The number of nitrogens with one attached hydrogen (secondary N) is 2. The molecule has 0 spiro atoms. The van der Waals surface area contributed by atoms with E-state index >= 15 is 0 Å². The molecule has 4 aromatic rings. The first-order chi connectivity index (χ1) is 16.8. The normalized spacial score (nSPS) is 15.2. The number of fused-ring (bicyclic) bond motifs is 1. The standard InChI is InChI=1S/C27H32N6O/c1-3-9-22(10-4-1)27(23-11-5-2-6-12-23)34-24-15-19-32(20-16-24)18-8-7-17-28-25-13-14-26-30-29-21-33(26)31-25/h1-6,9-14,21,24,27H,7-8,15-20H2,(H,28,31)/p+1. The quantitative estimate of drug-likeness (QED) is 0.278. The molecule has 0 saturated carbocycles. The van der Waals surface area contributed by atoms with Crippen LogP contribution in [0.5, 0.6) is 0 Å². The highest BCUT2D eigenvalue weighted by molar-refractivity contribution is 5.37. The lowest BCUT2D eigenvalue weighted by Gasteiger charge is -2.34. The number of likely N-dealkylation sites (tertiary alicyclic amines) is 1. The van der Waals surface area contributed by atoms with E-state index in [1.165, 1.54) is 17.5 Å². The molecule has 0 unspecified atom stereocenters. The van der Waals surface area contributed by atoms with Crippen molar-refractivity contribution >= 4 is 11.5 Å². The average molecular weight is 458 g/mol. The summed E-state index contributed by atoms with van der Waals surface area (Å²) >= 11 is 0. The second kappa shape index (κ2) is 11.2. The van der Waals surface area contributed by atoms with Gasteiger partial charge < -0.3 is 15.0 Å². The molecule has 0 amide bonds. The molecular weight excluding hydrogens is 424 g/mol. The predicted molar refractivity (Wildman–Crippen MR) is 133 cm³/mol. The number of hydrogen-bond donors (Lipinski definition) is 2. The molecule has 0 atom stereocenters. The van der Waals surface area contributed by atoms with Crippen LogP contribution >= 0.6 is 0 Å². The maximum atomic E-state index is 6.68. The van der Waals surface area contributed by atoms with Crippen LogP contribution in [0, 0.1) is 0 Å². The Morgan fingerprint density at radius 1 is 0.941 bits per heavy atom. The number of ether oxygens (including phenoxy) is 1. The first-order valence-corrected chi connectivity index (χ1v) is 12.3. The largest absolute Gasteiger partial charge is 0.368 e. The lowest BCUT2D eigenvalue weighted by molar-refractivity contribution is -0.579. The van der Waals surface area contributed by atoms with Crippen LogP contribution in [0.2, 0.25) is 0 Å². The maximum Gasteiger partial charge on any atom is 0.325 e. The van der Waals surface area contributed by atoms with Crippen molar-refractivity contribution in [2.75, 3.05) is 31.5 Å². The lowest BCUT2D eigenvalue weighted by atomic mass is 10.00. The van der Waals surface area contributed by atoms with Gasteiger partial charge in [0.1, 0.15) is 6.10 Å². The Morgan fingerprint density at radius 2 is 1.65 bits per heavy atom. The van der Waals surface area contributed by atoms with Crippen molar-refractivity contribution in [3.8, 4) is 0 Å². The molecule has 3 heterocycles. The molecule has 7 heteroatoms. The van der Waals surface area contributed by atoms with E-state index in [1.807, 2.05) is 12.1 Å². The minimum Gasteiger partial charge on any atom is -0.368 e. The van der Waals surface area contributed by atoms with Gasteiger partial charge in [-0.05, 0) is 49.4 Å². The van der Waals surface area contributed by atoms with Gasteiger partial charge in [0.2, 0.25) is 6.33 Å². The van der Waals surface area contributed by atoms with Gasteiger partial charge in [-0.1, -0.05) is 65.8 Å². The zero-order valence-electron chi connectivity index (χ0n) is 19.5. The number of aromatic amines is 1. The zero-order chi connectivity index (χ0) is 23.0. The first kappa shape index (κ1) is 22.5. The first-order valence-electron chi connectivity index (χ1n) is 12.3. The Bertz CT molecular complexity index is 1100. The Kier molecular flexibility index (Phi) is 7.43. The zero-order valence-corrected chi connectivity index (χ0v) is 19.5. The minimum absolute atomic E-state index is 0.00179. The molecule has 34 heavy (non-hydrogen) atoms. The Morgan fingerprint density at radius 3 is 2.35 bits per heavy atom. The maximum absolute atomic E-state index is 6.68. The number of anilines is 1. The van der Waals surface area contributed by atoms with Crippen molar-refractivity contribution in [1.29, 1.82) is 0 Å². The van der Waals surface area contributed by atoms with Gasteiger partial charge in [0.15, 0.2) is 5.82 Å². The lowest BCUT2D eigenvalue weighted by Crippen LogP contribution is -2.38. The number of piperidine rings is 1. The third-order valence-electron chi connectivity index (χ3n) is 6.47. The van der Waals surface area contributed by atoms with Crippen LogP contribution in [0.4, 0.5) is 5.82 Å². The van der Waals surface area contributed by atoms with Crippen LogP contribution in [0.15, 0.2) is 79.1 Å². The van der Waals surface area contributed by atoms with Crippen LogP contribution in [-0.2, 0) is 4.74 Å². The fourth-order valence-electron chi connectivity index (χ4n) is 4.60. The number of H-pyrrole nitrogens is 1. The predicted octanol–water partition coefficient (Wildman–Crippen LogP) is 4.01. The molecule has 0 aliphatic carbocycles. The molecule has 176 valence electrons. The van der Waals surface area contributed by atoms with E-state index in [4.69, 9.17) is 4.74 Å². The van der Waals surface area contributed by atoms with E-state index in [2.05, 4.69) is 86.2 Å². The molecule has 0 bridgehead atoms. The Labute approximate surface area is 200 Å². The highest BCUT2D eigenvalue weighted by Gasteiger charge is 2.24. The van der Waals surface area contributed by atoms with Gasteiger partial charge in [-0.2, -0.15) is 0 Å². The number of hydrogen-bond acceptors (Lipinski definition) is 5. The summed E-state index contributed by atoms with van der Waals surface area (Å²) in [4.78, 5) is 2.57. The number of rotatable bonds is 10. The number of aromatic nitrogens is 4. The van der Waals surface area contributed by atoms with Gasteiger partial charge in [-0.3, -0.25) is 0 Å². The van der Waals surface area contributed by atoms with E-state index in [9.17, 15) is 0 Å². The van der Waals surface area contributed by atoms with Crippen LogP contribution < -0.4 is 9.83 Å². The summed E-state index contributed by atoms with van der Waals surface area (Å²) in [6, 6.07) is 25.1. The Balaban J connectivity index is 1.04. The highest BCUT2D eigenvalue weighted by atomic mass is 16.5. The summed E-state index contributed by atoms with van der Waals surface area (Å²) in [5.41, 5.74) is 3.27. The third-order valence-corrected chi connectivity index (χ3v) is 6.47. The molecule has 2 aromatic carbocycles. The van der Waals surface area contributed by atoms with Gasteiger partial charge in [0, 0.05) is 30.8 Å². The second-order valence-electron chi connectivity index (χ2n) is 8.90. The summed E-state index contributed by atoms with van der Waals surface area (Å²) in [7, 11) is 0. The van der Waals surface area contributed by atoms with Gasteiger partial charge >= 0.3 is 5.65 Å². The fourth-order valence-corrected chi connectivity index (χ4v) is 4.60. The molecule has 7 nitrogen and oxygen atoms in total. The summed E-state index contributed by atoms with van der Waals surface area (Å²) in [6.07, 6.45) is 6.51. The smallest absolute Gasteiger partial charge is 0.325 e. The van der Waals surface area contributed by atoms with Crippen molar-refractivity contribution in [3.63, 3.8) is 0 Å². The molecule has 2 N–H and O–H groups in total. The van der Waals surface area contributed by atoms with E-state index in [0.717, 1.165) is 56.9 Å². The highest BCUT2D eigenvalue weighted by Crippen LogP contribution is 2.30. The molecule has 1 aliphatic rings. The van der Waals surface area contributed by atoms with Crippen LogP contribution in [0.25, 0.3) is 5.65 Å². The van der Waals surface area contributed by atoms with Crippen molar-refractivity contribution in [3.05, 3.63) is 90.3 Å². The fraction of sp³-hybridized carbons (Fsp3) is 0.370. The second-order valence-corrected chi connectivity index (χ2v) is 8.90. The van der Waals surface area contributed by atoms with Crippen molar-refractivity contribution in [2.45, 2.75) is 37.9 Å². The summed E-state index contributed by atoms with van der Waals surface area (Å²) < 4.78 is 8.42. The van der Waals surface area contributed by atoms with Gasteiger partial charge in [0.05, 0.1) is 6.10 Å². The molecule has 5 rings (SSSR count). The minimum atomic E-state index is -0.00179. The van der Waals surface area contributed by atoms with Gasteiger partial charge in [0.25, 0.3) is 0 Å². The van der Waals surface area contributed by atoms with Crippen LogP contribution in [0.1, 0.15) is 42.9 Å². The molecule has 1 aliphatic heterocycles. The number of unbranched alkanes of at least 4 members (excludes halogenated alkanes) is 1. The number of nitrogens with zero attached hydrogens (tertiary/aromatic N) is 4. The van der Waals surface area contributed by atoms with Crippen LogP contribution in [0.3, 0.4) is 0 Å². The molecular formula is C27H33N6O+. The summed E-state index contributed by atoms with van der Waals surface area (Å²) in [6.45, 7) is 4.26. The van der Waals surface area contributed by atoms with Crippen molar-refractivity contribution < 1.29 is 9.25 Å². The van der Waals surface area contributed by atoms with Crippen LogP contribution in [-0.4, -0.2) is 52.5 Å². The molecule has 2 aromatic heterocycles. The monoisotopic (exact) mass is 457 g/mol. The number of benzene rings is 2. The Hall–Kier alpha value is -3.29. The topological polar surface area (TPSA) is 70.2 Å². The van der Waals surface area contributed by atoms with E-state index in [-0.39, 0.29) is 6.10 Å². The molecule has 1 fully saturated rings. The van der Waals surface area contributed by atoms with E-state index < -0.39 is 0 Å². The summed E-state index contributed by atoms with van der Waals surface area (Å²) in [5.74, 6) is 0.878. The van der Waals surface area contributed by atoms with Gasteiger partial charge in [-0.25, -0.2) is 0 Å².